The second-order valence-electron chi connectivity index (χ2n) is 27.6. The molecule has 2 aliphatic heterocycles. The van der Waals surface area contributed by atoms with Gasteiger partial charge in [-0.3, -0.25) is 67.2 Å². The van der Waals surface area contributed by atoms with E-state index in [2.05, 4.69) is 38.5 Å². The van der Waals surface area contributed by atoms with Crippen molar-refractivity contribution in [2.45, 2.75) is 195 Å². The number of amides is 12. The van der Waals surface area contributed by atoms with Gasteiger partial charge in [0, 0.05) is 97.7 Å². The topological polar surface area (TPSA) is 457 Å². The summed E-state index contributed by atoms with van der Waals surface area (Å²) in [7, 11) is 4.70. The van der Waals surface area contributed by atoms with Gasteiger partial charge in [0.1, 0.15) is 60.4 Å². The van der Waals surface area contributed by atoms with E-state index in [0.29, 0.717) is 11.1 Å². The molecule has 2 aliphatic rings. The maximum absolute atomic E-state index is 15.5. The van der Waals surface area contributed by atoms with Crippen molar-refractivity contribution in [3.63, 3.8) is 0 Å². The summed E-state index contributed by atoms with van der Waals surface area (Å²) in [6, 6.07) is 3.74. The minimum atomic E-state index is -2.00. The second-order valence-corrected chi connectivity index (χ2v) is 27.6. The van der Waals surface area contributed by atoms with Crippen LogP contribution in [0.25, 0.3) is 0 Å². The highest BCUT2D eigenvalue weighted by Gasteiger charge is 2.47. The number of ketones is 2. The zero-order valence-electron chi connectivity index (χ0n) is 63.9. The quantitative estimate of drug-likeness (QED) is 0.0194. The summed E-state index contributed by atoms with van der Waals surface area (Å²) in [4.78, 5) is 236. The van der Waals surface area contributed by atoms with Crippen LogP contribution in [0, 0.1) is 29.6 Å². The molecule has 2 aromatic rings. The van der Waals surface area contributed by atoms with Gasteiger partial charge < -0.3 is 80.8 Å². The van der Waals surface area contributed by atoms with E-state index in [4.69, 9.17) is 34.2 Å². The molecule has 12 amide bonds. The zero-order chi connectivity index (χ0) is 81.3. The van der Waals surface area contributed by atoms with Gasteiger partial charge in [-0.15, -0.1) is 0 Å². The minimum absolute atomic E-state index is 0.0722. The maximum Gasteiger partial charge on any atom is 0.508 e. The predicted molar refractivity (Wildman–Crippen MR) is 386 cm³/mol. The number of likely N-dealkylation sites (N-methyl/N-ethyl adjacent to an activating group) is 3. The lowest BCUT2D eigenvalue weighted by atomic mass is 9.88. The molecule has 13 atom stereocenters. The number of nitrogens with one attached hydrogen (secondary N) is 6. The third-order valence-electron chi connectivity index (χ3n) is 18.1. The number of esters is 3. The van der Waals surface area contributed by atoms with Crippen molar-refractivity contribution in [1.29, 1.82) is 0 Å². The van der Waals surface area contributed by atoms with Gasteiger partial charge >= 0.3 is 30.1 Å². The molecule has 0 saturated carbocycles. The molecule has 2 heterocycles. The molecule has 0 aromatic heterocycles. The average molecular weight is 1510 g/mol. The summed E-state index contributed by atoms with van der Waals surface area (Å²) >= 11 is 0. The van der Waals surface area contributed by atoms with Crippen LogP contribution < -0.4 is 37.6 Å². The highest BCUT2D eigenvalue weighted by molar-refractivity contribution is 6.13. The Morgan fingerprint density at radius 3 is 1.89 bits per heavy atom. The third kappa shape index (κ3) is 26.2. The lowest BCUT2D eigenvalue weighted by molar-refractivity contribution is -0.175. The number of Topliss-reactive ketones (excluding diaryl/α,β-unsaturated/α-hetero) is 2. The number of anilines is 1. The van der Waals surface area contributed by atoms with Crippen LogP contribution in [-0.2, 0) is 113 Å². The number of carbonyl (C=O) groups excluding carboxylic acids is 17. The molecule has 0 radical (unpaired) electrons. The van der Waals surface area contributed by atoms with Gasteiger partial charge in [-0.1, -0.05) is 90.6 Å². The van der Waals surface area contributed by atoms with Crippen molar-refractivity contribution < 1.29 is 110 Å². The Kier molecular flexibility index (Phi) is 34.7. The van der Waals surface area contributed by atoms with Gasteiger partial charge in [0.05, 0.1) is 12.1 Å². The second kappa shape index (κ2) is 41.8. The van der Waals surface area contributed by atoms with Crippen LogP contribution >= 0.6 is 0 Å². The van der Waals surface area contributed by atoms with Crippen LogP contribution in [0.3, 0.4) is 0 Å². The van der Waals surface area contributed by atoms with E-state index in [0.717, 1.165) is 59.7 Å². The van der Waals surface area contributed by atoms with Crippen LogP contribution in [0.5, 0.6) is 0 Å². The van der Waals surface area contributed by atoms with Gasteiger partial charge in [0.25, 0.3) is 23.6 Å². The number of benzene rings is 2. The van der Waals surface area contributed by atoms with Gasteiger partial charge in [0.15, 0.2) is 24.0 Å². The molecule has 1 fully saturated rings. The summed E-state index contributed by atoms with van der Waals surface area (Å²) in [5.41, 5.74) is 5.80. The maximum atomic E-state index is 15.5. The van der Waals surface area contributed by atoms with E-state index >= 15 is 4.79 Å². The van der Waals surface area contributed by atoms with Crippen LogP contribution in [-0.4, -0.2) is 228 Å². The van der Waals surface area contributed by atoms with Crippen molar-refractivity contribution in [2.24, 2.45) is 35.3 Å². The summed E-state index contributed by atoms with van der Waals surface area (Å²) in [5, 5.41) is 15.3. The fourth-order valence-corrected chi connectivity index (χ4v) is 11.7. The SMILES string of the molecule is C=C1C(=O)N[C@@H](C)C(=O)N(C)[C@@H](C)C(=O)N[C@@H]([C@H](OC(=O)[C@@H](CC(C)=O)[C@H](OC(=O)OCc2ccc(NC(=O)[C@H](CCCNC(N)=O)CC(=O)[C@@H](NC(=O)CCN3C(=O)C=CC3=O)C(C)C)cc2)C(C)C)C(C)C)C(=O)N(C)[C@@H]([C@@H](C)OC)C(=O)O[C@H](C)[C@H](NC(C)=O)C(=O)O[C@H](Cc2ccccc2)C(=O)N1C. The molecule has 1 saturated heterocycles. The Morgan fingerprint density at radius 2 is 1.33 bits per heavy atom. The first-order valence-electron chi connectivity index (χ1n) is 35.3. The fourth-order valence-electron chi connectivity index (χ4n) is 11.7. The molecule has 8 N–H and O–H groups in total. The summed E-state index contributed by atoms with van der Waals surface area (Å²) in [6.07, 6.45) is -8.27. The van der Waals surface area contributed by atoms with Gasteiger partial charge in [-0.2, -0.15) is 0 Å². The first-order valence-corrected chi connectivity index (χ1v) is 35.3. The van der Waals surface area contributed by atoms with Crippen LogP contribution in [0.1, 0.15) is 126 Å². The van der Waals surface area contributed by atoms with Crippen LogP contribution in [0.4, 0.5) is 15.3 Å². The molecule has 2 aromatic carbocycles. The molecule has 592 valence electrons. The number of nitrogens with zero attached hydrogens (tertiary/aromatic N) is 4. The van der Waals surface area contributed by atoms with Crippen molar-refractivity contribution in [1.82, 2.24) is 46.2 Å². The molecule has 34 nitrogen and oxygen atoms in total. The number of urea groups is 1. The number of hydrogen-bond donors (Lipinski definition) is 7. The molecule has 0 spiro atoms. The average Bonchev–Trinajstić information content (AvgIpc) is 1.32. The molecular weight excluding hydrogens is 1410 g/mol. The van der Waals surface area contributed by atoms with Gasteiger partial charge in [-0.05, 0) is 88.5 Å². The summed E-state index contributed by atoms with van der Waals surface area (Å²) in [6.45, 7) is 20.0. The number of cyclic esters (lactones) is 2. The van der Waals surface area contributed by atoms with E-state index < -0.39 is 216 Å². The molecule has 108 heavy (non-hydrogen) atoms. The van der Waals surface area contributed by atoms with E-state index in [1.165, 1.54) is 80.0 Å². The number of rotatable bonds is 30. The largest absolute Gasteiger partial charge is 0.508 e. The number of ether oxygens (including phenoxy) is 6. The number of imide groups is 1. The van der Waals surface area contributed by atoms with E-state index in [1.54, 1.807) is 58.0 Å². The minimum Gasteiger partial charge on any atom is -0.459 e. The van der Waals surface area contributed by atoms with Crippen LogP contribution in [0.2, 0.25) is 0 Å². The van der Waals surface area contributed by atoms with Crippen molar-refractivity contribution in [2.75, 3.05) is 46.7 Å². The van der Waals surface area contributed by atoms with E-state index in [-0.39, 0.29) is 50.9 Å². The van der Waals surface area contributed by atoms with Crippen LogP contribution in [0.15, 0.2) is 79.0 Å². The Labute approximate surface area is 627 Å². The lowest BCUT2D eigenvalue weighted by Crippen LogP contribution is -2.63. The molecule has 0 aliphatic carbocycles. The Bertz CT molecular complexity index is 3660. The van der Waals surface area contributed by atoms with Crippen molar-refractivity contribution >= 4 is 106 Å². The van der Waals surface area contributed by atoms with Gasteiger partial charge in [-0.25, -0.2) is 19.2 Å². The number of carbonyl (C=O) groups is 17. The number of hydrogen-bond acceptors (Lipinski definition) is 23. The Hall–Kier alpha value is -10.9. The highest BCUT2D eigenvalue weighted by Crippen LogP contribution is 2.28. The molecule has 0 bridgehead atoms. The van der Waals surface area contributed by atoms with E-state index in [1.807, 2.05) is 0 Å². The first kappa shape index (κ1) is 89.5. The number of primary amides is 1. The van der Waals surface area contributed by atoms with Gasteiger partial charge in [0.2, 0.25) is 35.4 Å². The zero-order valence-corrected chi connectivity index (χ0v) is 63.9. The Balaban J connectivity index is 1.66. The summed E-state index contributed by atoms with van der Waals surface area (Å²) in [5.74, 6) is -17.9. The number of methoxy groups -OCH3 is 1. The normalized spacial score (nSPS) is 21.2. The smallest absolute Gasteiger partial charge is 0.459 e. The highest BCUT2D eigenvalue weighted by atomic mass is 16.7. The third-order valence-corrected chi connectivity index (χ3v) is 18.1. The van der Waals surface area contributed by atoms with Crippen molar-refractivity contribution in [3.05, 3.63) is 90.2 Å². The molecular formula is C74H103N11O23. The van der Waals surface area contributed by atoms with Crippen molar-refractivity contribution in [3.8, 4) is 0 Å². The standard InChI is InChI=1S/C74H103N11O23/c1-38(2)58(80-55(89)31-33-85-56(90)29-30-57(85)91)53(88)36-50(24-21-32-76-73(75)101)66(94)79-51-27-25-49(26-28-51)37-104-74(102)108-62(39(3)4)52(34-41(7)86)70(98)107-63(40(5)6)60-69(97)84(16)61(46(12)103-17)72(100)105-45(11)59(78-47(13)87)71(99)106-54(35-48-22-19-18-20-23-48)68(96)83(15)43(9)64(92)77-42(8)67(95)82(14)44(10)65(93)81-60/h18-20,22-23,25-30,38-40,42,44-46,50,52,54,58-63H,9,21,24,31-37H2,1-8,10-17H3,(H,77,92)(H,78,87)(H,79,94)(H,80,89)(H,81,93)(H3,75,76,101)/t42-,44-,45+,46+,50+,52-,54+,58-,59-,60-,61-,62+,63+/m0/s1. The molecule has 0 unspecified atom stereocenters. The first-order chi connectivity index (χ1) is 50.6. The lowest BCUT2D eigenvalue weighted by Gasteiger charge is -2.38. The Morgan fingerprint density at radius 1 is 0.713 bits per heavy atom. The predicted octanol–water partition coefficient (Wildman–Crippen LogP) is 2.22. The van der Waals surface area contributed by atoms with E-state index in [9.17, 15) is 76.7 Å². The molecule has 34 heteroatoms. The monoisotopic (exact) mass is 1510 g/mol. The fraction of sp³-hybridized carbons (Fsp3) is 0.554. The molecule has 4 rings (SSSR count). The number of nitrogens with two attached hydrogens (primary N) is 1. The summed E-state index contributed by atoms with van der Waals surface area (Å²) < 4.78 is 34.7.